The first-order chi connectivity index (χ1) is 17.1. The summed E-state index contributed by atoms with van der Waals surface area (Å²) in [6, 6.07) is 8.57. The number of hydrogen-bond donors (Lipinski definition) is 1. The zero-order valence-electron chi connectivity index (χ0n) is 21.6. The average Bonchev–Trinajstić information content (AvgIpc) is 3.70. The topological polar surface area (TPSA) is 65.0 Å². The van der Waals surface area contributed by atoms with E-state index in [2.05, 4.69) is 31.2 Å². The number of allylic oxidation sites excluding steroid dienone is 1. The lowest BCUT2D eigenvalue weighted by atomic mass is 9.82. The molecule has 0 aromatic heterocycles. The summed E-state index contributed by atoms with van der Waals surface area (Å²) in [4.78, 5) is 12.6. The SMILES string of the molecule is C/C=C(\C=C/CCOCCC(O)CCC)C(=O)OC1CCC(c2ccc(OCC3CC3)cc2)CC1. The van der Waals surface area contributed by atoms with Crippen LogP contribution < -0.4 is 4.74 Å². The standard InChI is InChI=1S/C30H44O5/c1-3-7-27(31)19-21-33-20-6-5-8-24(4-2)30(32)35-29-17-13-26(14-18-29)25-11-15-28(16-12-25)34-22-23-9-10-23/h4-5,8,11-12,15-16,23,26-27,29,31H,3,6-7,9-10,13-14,17-22H2,1-2H3/b8-5-,24-4+. The molecule has 2 fully saturated rings. The number of carbonyl (C=O) groups is 1. The molecule has 1 N–H and O–H groups in total. The second kappa shape index (κ2) is 15.1. The molecule has 35 heavy (non-hydrogen) atoms. The highest BCUT2D eigenvalue weighted by Gasteiger charge is 2.26. The van der Waals surface area contributed by atoms with Crippen molar-refractivity contribution in [2.45, 2.75) is 96.2 Å². The maximum absolute atomic E-state index is 12.6. The van der Waals surface area contributed by atoms with E-state index in [1.165, 1.54) is 18.4 Å². The van der Waals surface area contributed by atoms with Crippen LogP contribution in [-0.4, -0.2) is 43.1 Å². The van der Waals surface area contributed by atoms with Crippen LogP contribution in [0.4, 0.5) is 0 Å². The van der Waals surface area contributed by atoms with E-state index in [-0.39, 0.29) is 18.2 Å². The van der Waals surface area contributed by atoms with Crippen LogP contribution in [0, 0.1) is 5.92 Å². The van der Waals surface area contributed by atoms with Crippen LogP contribution in [0.5, 0.6) is 5.75 Å². The van der Waals surface area contributed by atoms with Gasteiger partial charge in [0.05, 0.1) is 24.9 Å². The normalized spacial score (nSPS) is 21.7. The number of aliphatic hydroxyl groups is 1. The first-order valence-corrected chi connectivity index (χ1v) is 13.6. The summed E-state index contributed by atoms with van der Waals surface area (Å²) in [5, 5.41) is 9.71. The summed E-state index contributed by atoms with van der Waals surface area (Å²) < 4.78 is 17.2. The van der Waals surface area contributed by atoms with Gasteiger partial charge in [0.2, 0.25) is 0 Å². The van der Waals surface area contributed by atoms with Crippen molar-refractivity contribution in [1.82, 2.24) is 0 Å². The lowest BCUT2D eigenvalue weighted by Crippen LogP contribution is -2.24. The number of rotatable bonds is 15. The van der Waals surface area contributed by atoms with Crippen LogP contribution in [0.1, 0.15) is 89.5 Å². The maximum Gasteiger partial charge on any atom is 0.338 e. The van der Waals surface area contributed by atoms with Gasteiger partial charge in [0, 0.05) is 6.61 Å². The number of carbonyl (C=O) groups excluding carboxylic acids is 1. The number of benzene rings is 1. The Morgan fingerprint density at radius 1 is 1.06 bits per heavy atom. The second-order valence-electron chi connectivity index (χ2n) is 9.98. The van der Waals surface area contributed by atoms with Gasteiger partial charge < -0.3 is 19.3 Å². The molecule has 0 saturated heterocycles. The smallest absolute Gasteiger partial charge is 0.338 e. The molecule has 0 heterocycles. The molecule has 0 bridgehead atoms. The fraction of sp³-hybridized carbons (Fsp3) is 0.633. The minimum absolute atomic E-state index is 0.0128. The van der Waals surface area contributed by atoms with Crippen LogP contribution in [0.25, 0.3) is 0 Å². The Hall–Kier alpha value is -2.11. The fourth-order valence-electron chi connectivity index (χ4n) is 4.51. The molecule has 5 heteroatoms. The molecule has 1 aromatic carbocycles. The third-order valence-electron chi connectivity index (χ3n) is 6.97. The van der Waals surface area contributed by atoms with Gasteiger partial charge >= 0.3 is 5.97 Å². The highest BCUT2D eigenvalue weighted by atomic mass is 16.5. The molecule has 5 nitrogen and oxygen atoms in total. The van der Waals surface area contributed by atoms with E-state index in [1.54, 1.807) is 6.08 Å². The Morgan fingerprint density at radius 2 is 1.80 bits per heavy atom. The lowest BCUT2D eigenvalue weighted by molar-refractivity contribution is -0.145. The van der Waals surface area contributed by atoms with Crippen molar-refractivity contribution in [3.05, 3.63) is 53.6 Å². The van der Waals surface area contributed by atoms with Crippen molar-refractivity contribution in [3.8, 4) is 5.75 Å². The second-order valence-corrected chi connectivity index (χ2v) is 9.98. The van der Waals surface area contributed by atoms with Crippen molar-refractivity contribution in [1.29, 1.82) is 0 Å². The molecular formula is C30H44O5. The van der Waals surface area contributed by atoms with Gasteiger partial charge in [-0.2, -0.15) is 0 Å². The first-order valence-electron chi connectivity index (χ1n) is 13.6. The van der Waals surface area contributed by atoms with Crippen molar-refractivity contribution < 1.29 is 24.1 Å². The molecular weight excluding hydrogens is 440 g/mol. The molecule has 194 valence electrons. The Labute approximate surface area is 211 Å². The van der Waals surface area contributed by atoms with Crippen LogP contribution in [0.15, 0.2) is 48.1 Å². The zero-order chi connectivity index (χ0) is 24.9. The lowest BCUT2D eigenvalue weighted by Gasteiger charge is -2.28. The van der Waals surface area contributed by atoms with E-state index in [0.29, 0.717) is 31.1 Å². The van der Waals surface area contributed by atoms with Gasteiger partial charge in [-0.25, -0.2) is 4.79 Å². The largest absolute Gasteiger partial charge is 0.493 e. The Morgan fingerprint density at radius 3 is 2.46 bits per heavy atom. The fourth-order valence-corrected chi connectivity index (χ4v) is 4.51. The quantitative estimate of drug-likeness (QED) is 0.133. The molecule has 3 rings (SSSR count). The Kier molecular flexibility index (Phi) is 11.9. The highest BCUT2D eigenvalue weighted by molar-refractivity contribution is 5.91. The van der Waals surface area contributed by atoms with Crippen molar-refractivity contribution in [3.63, 3.8) is 0 Å². The van der Waals surface area contributed by atoms with Gasteiger partial charge in [-0.1, -0.05) is 43.7 Å². The molecule has 0 amide bonds. The molecule has 0 spiro atoms. The van der Waals surface area contributed by atoms with E-state index in [4.69, 9.17) is 14.2 Å². The summed E-state index contributed by atoms with van der Waals surface area (Å²) in [5.74, 6) is 2.01. The summed E-state index contributed by atoms with van der Waals surface area (Å²) in [5.41, 5.74) is 1.94. The number of aliphatic hydroxyl groups excluding tert-OH is 1. The van der Waals surface area contributed by atoms with Crippen LogP contribution in [0.2, 0.25) is 0 Å². The molecule has 1 aromatic rings. The number of ether oxygens (including phenoxy) is 3. The Bertz CT molecular complexity index is 801. The Balaban J connectivity index is 1.31. The highest BCUT2D eigenvalue weighted by Crippen LogP contribution is 2.35. The molecule has 2 aliphatic carbocycles. The molecule has 0 radical (unpaired) electrons. The third kappa shape index (κ3) is 10.2. The predicted octanol–water partition coefficient (Wildman–Crippen LogP) is 6.51. The van der Waals surface area contributed by atoms with Gasteiger partial charge in [0.1, 0.15) is 11.9 Å². The summed E-state index contributed by atoms with van der Waals surface area (Å²) >= 11 is 0. The molecule has 2 saturated carbocycles. The summed E-state index contributed by atoms with van der Waals surface area (Å²) in [6.07, 6.45) is 15.0. The van der Waals surface area contributed by atoms with Crippen molar-refractivity contribution in [2.24, 2.45) is 5.92 Å². The van der Waals surface area contributed by atoms with Crippen LogP contribution >= 0.6 is 0 Å². The average molecular weight is 485 g/mol. The van der Waals surface area contributed by atoms with E-state index in [9.17, 15) is 9.90 Å². The van der Waals surface area contributed by atoms with Gasteiger partial charge in [-0.15, -0.1) is 0 Å². The maximum atomic E-state index is 12.6. The molecule has 0 aliphatic heterocycles. The van der Waals surface area contributed by atoms with E-state index >= 15 is 0 Å². The van der Waals surface area contributed by atoms with E-state index in [0.717, 1.165) is 63.2 Å². The third-order valence-corrected chi connectivity index (χ3v) is 6.97. The first kappa shape index (κ1) is 27.5. The summed E-state index contributed by atoms with van der Waals surface area (Å²) in [6.45, 7) is 5.92. The van der Waals surface area contributed by atoms with E-state index in [1.807, 2.05) is 19.1 Å². The van der Waals surface area contributed by atoms with Crippen LogP contribution in [-0.2, 0) is 14.3 Å². The van der Waals surface area contributed by atoms with Gasteiger partial charge in [0.25, 0.3) is 0 Å². The molecule has 2 aliphatic rings. The van der Waals surface area contributed by atoms with Crippen molar-refractivity contribution in [2.75, 3.05) is 19.8 Å². The molecule has 1 atom stereocenters. The predicted molar refractivity (Wildman–Crippen MR) is 140 cm³/mol. The van der Waals surface area contributed by atoms with E-state index < -0.39 is 0 Å². The van der Waals surface area contributed by atoms with Gasteiger partial charge in [-0.3, -0.25) is 0 Å². The summed E-state index contributed by atoms with van der Waals surface area (Å²) in [7, 11) is 0. The zero-order valence-corrected chi connectivity index (χ0v) is 21.6. The monoisotopic (exact) mass is 484 g/mol. The number of hydrogen-bond acceptors (Lipinski definition) is 5. The number of esters is 1. The van der Waals surface area contributed by atoms with Crippen molar-refractivity contribution >= 4 is 5.97 Å². The molecule has 1 unspecified atom stereocenters. The minimum atomic E-state index is -0.272. The van der Waals surface area contributed by atoms with Gasteiger partial charge in [-0.05, 0) is 94.2 Å². The van der Waals surface area contributed by atoms with Gasteiger partial charge in [0.15, 0.2) is 0 Å². The van der Waals surface area contributed by atoms with Crippen LogP contribution in [0.3, 0.4) is 0 Å². The minimum Gasteiger partial charge on any atom is -0.493 e.